The average Bonchev–Trinajstić information content (AvgIpc) is 3.18. The average molecular weight is 497 g/mol. The van der Waals surface area contributed by atoms with E-state index in [1.165, 1.54) is 0 Å². The number of ether oxygens (including phenoxy) is 1. The van der Waals surface area contributed by atoms with Crippen LogP contribution in [0.4, 0.5) is 24.5 Å². The van der Waals surface area contributed by atoms with Crippen LogP contribution in [0.3, 0.4) is 0 Å². The minimum Gasteiger partial charge on any atom is -0.382 e. The molecule has 0 aromatic heterocycles. The van der Waals surface area contributed by atoms with Gasteiger partial charge in [0, 0.05) is 36.4 Å². The number of para-hydroxylation sites is 1. The van der Waals surface area contributed by atoms with E-state index in [1.54, 1.807) is 4.90 Å². The molecule has 1 N–H and O–H groups in total. The first-order valence-corrected chi connectivity index (χ1v) is 12.3. The number of aliphatic hydroxyl groups is 1. The summed E-state index contributed by atoms with van der Waals surface area (Å²) in [6.45, 7) is 4.84. The maximum atomic E-state index is 13.4. The molecule has 7 heteroatoms. The number of halogens is 3. The van der Waals surface area contributed by atoms with Crippen LogP contribution in [0.1, 0.15) is 22.3 Å². The molecule has 4 nitrogen and oxygen atoms in total. The van der Waals surface area contributed by atoms with Gasteiger partial charge in [-0.3, -0.25) is 0 Å². The first kappa shape index (κ1) is 24.7. The Hall–Kier alpha value is -3.03. The number of hydrogen-bond acceptors (Lipinski definition) is 4. The van der Waals surface area contributed by atoms with Gasteiger partial charge in [0.25, 0.3) is 0 Å². The standard InChI is InChI=1S/C29H31F3N2O2/c1-21-6-4-7-22(16-21)18-28(23-8-5-9-24(17-23)33-12-14-36-15-13-33)20-34(19-27(35)29(30,31)32)26-11-3-2-10-25(26)28/h2-11,16-17,27,35H,12-15,18-20H2,1H3/t27-,28?/m1/s1. The van der Waals surface area contributed by atoms with E-state index in [0.717, 1.165) is 46.7 Å². The molecule has 2 heterocycles. The van der Waals surface area contributed by atoms with Crippen LogP contribution >= 0.6 is 0 Å². The summed E-state index contributed by atoms with van der Waals surface area (Å²) in [6, 6.07) is 24.3. The van der Waals surface area contributed by atoms with Crippen LogP contribution < -0.4 is 9.80 Å². The molecule has 0 amide bonds. The van der Waals surface area contributed by atoms with E-state index in [0.29, 0.717) is 26.2 Å². The van der Waals surface area contributed by atoms with Crippen molar-refractivity contribution in [3.05, 3.63) is 95.1 Å². The first-order valence-electron chi connectivity index (χ1n) is 12.3. The number of aryl methyl sites for hydroxylation is 1. The van der Waals surface area contributed by atoms with Crippen LogP contribution in [0.2, 0.25) is 0 Å². The third kappa shape index (κ3) is 4.82. The Kier molecular flexibility index (Phi) is 6.70. The SMILES string of the molecule is Cc1cccc(CC2(c3cccc(N4CCOCC4)c3)CN(C[C@@H](O)C(F)(F)F)c3ccccc32)c1. The topological polar surface area (TPSA) is 35.9 Å². The van der Waals surface area contributed by atoms with Crippen LogP contribution in [0.25, 0.3) is 0 Å². The Bertz CT molecular complexity index is 1210. The van der Waals surface area contributed by atoms with E-state index in [2.05, 4.69) is 35.2 Å². The number of morpholine rings is 1. The molecule has 0 aliphatic carbocycles. The number of alkyl halides is 3. The minimum atomic E-state index is -4.67. The molecule has 2 aliphatic rings. The molecule has 1 fully saturated rings. The minimum absolute atomic E-state index is 0.347. The highest BCUT2D eigenvalue weighted by molar-refractivity contribution is 5.68. The lowest BCUT2D eigenvalue weighted by Crippen LogP contribution is -2.44. The molecule has 1 saturated heterocycles. The summed E-state index contributed by atoms with van der Waals surface area (Å²) in [6.07, 6.45) is -6.45. The summed E-state index contributed by atoms with van der Waals surface area (Å²) in [5.41, 5.74) is 5.57. The van der Waals surface area contributed by atoms with Crippen LogP contribution in [-0.2, 0) is 16.6 Å². The number of fused-ring (bicyclic) bond motifs is 1. The fourth-order valence-electron chi connectivity index (χ4n) is 5.62. The van der Waals surface area contributed by atoms with E-state index in [-0.39, 0.29) is 0 Å². The highest BCUT2D eigenvalue weighted by Crippen LogP contribution is 2.48. The number of β-amino-alcohol motifs (C(OH)–C–C–N with tert-alkyl or cyclic N) is 1. The second kappa shape index (κ2) is 9.79. The van der Waals surface area contributed by atoms with Crippen LogP contribution in [-0.4, -0.2) is 56.8 Å². The quantitative estimate of drug-likeness (QED) is 0.515. The normalized spacial score (nSPS) is 20.9. The van der Waals surface area contributed by atoms with Gasteiger partial charge in [-0.1, -0.05) is 60.2 Å². The maximum absolute atomic E-state index is 13.4. The summed E-state index contributed by atoms with van der Waals surface area (Å²) < 4.78 is 45.6. The lowest BCUT2D eigenvalue weighted by atomic mass is 9.71. The molecule has 3 aromatic rings. The predicted octanol–water partition coefficient (Wildman–Crippen LogP) is 5.10. The van der Waals surface area contributed by atoms with Gasteiger partial charge in [-0.25, -0.2) is 0 Å². The van der Waals surface area contributed by atoms with Gasteiger partial charge in [-0.05, 0) is 48.2 Å². The van der Waals surface area contributed by atoms with Crippen LogP contribution in [0.5, 0.6) is 0 Å². The summed E-state index contributed by atoms with van der Waals surface area (Å²) in [7, 11) is 0. The summed E-state index contributed by atoms with van der Waals surface area (Å²) in [5.74, 6) is 0. The van der Waals surface area contributed by atoms with Gasteiger partial charge in [-0.2, -0.15) is 13.2 Å². The van der Waals surface area contributed by atoms with Gasteiger partial charge < -0.3 is 19.6 Å². The highest BCUT2D eigenvalue weighted by atomic mass is 19.4. The zero-order valence-electron chi connectivity index (χ0n) is 20.3. The largest absolute Gasteiger partial charge is 0.416 e. The fraction of sp³-hybridized carbons (Fsp3) is 0.379. The van der Waals surface area contributed by atoms with Gasteiger partial charge >= 0.3 is 6.18 Å². The van der Waals surface area contributed by atoms with E-state index in [1.807, 2.05) is 49.4 Å². The van der Waals surface area contributed by atoms with Crippen molar-refractivity contribution in [1.29, 1.82) is 0 Å². The predicted molar refractivity (Wildman–Crippen MR) is 136 cm³/mol. The number of aliphatic hydroxyl groups excluding tert-OH is 1. The summed E-state index contributed by atoms with van der Waals surface area (Å²) in [5, 5.41) is 9.97. The first-order chi connectivity index (χ1) is 17.3. The number of hydrogen-bond donors (Lipinski definition) is 1. The highest BCUT2D eigenvalue weighted by Gasteiger charge is 2.47. The van der Waals surface area contributed by atoms with E-state index >= 15 is 0 Å². The van der Waals surface area contributed by atoms with Crippen LogP contribution in [0.15, 0.2) is 72.8 Å². The number of anilines is 2. The lowest BCUT2D eigenvalue weighted by Gasteiger charge is -2.35. The second-order valence-corrected chi connectivity index (χ2v) is 9.85. The zero-order valence-corrected chi connectivity index (χ0v) is 20.3. The number of rotatable bonds is 6. The van der Waals surface area contributed by atoms with Gasteiger partial charge in [0.05, 0.1) is 19.8 Å². The van der Waals surface area contributed by atoms with Gasteiger partial charge in [0.1, 0.15) is 0 Å². The Morgan fingerprint density at radius 2 is 1.72 bits per heavy atom. The van der Waals surface area contributed by atoms with Gasteiger partial charge in [0.15, 0.2) is 6.10 Å². The molecule has 0 bridgehead atoms. The third-order valence-electron chi connectivity index (χ3n) is 7.36. The maximum Gasteiger partial charge on any atom is 0.416 e. The molecular weight excluding hydrogens is 465 g/mol. The lowest BCUT2D eigenvalue weighted by molar-refractivity contribution is -0.200. The van der Waals surface area contributed by atoms with Crippen molar-refractivity contribution in [3.8, 4) is 0 Å². The number of nitrogens with zero attached hydrogens (tertiary/aromatic N) is 2. The molecule has 190 valence electrons. The summed E-state index contributed by atoms with van der Waals surface area (Å²) in [4.78, 5) is 3.99. The van der Waals surface area contributed by atoms with Crippen molar-refractivity contribution in [3.63, 3.8) is 0 Å². The molecule has 1 unspecified atom stereocenters. The number of benzene rings is 3. The molecule has 3 aromatic carbocycles. The molecule has 36 heavy (non-hydrogen) atoms. The summed E-state index contributed by atoms with van der Waals surface area (Å²) >= 11 is 0. The van der Waals surface area contributed by atoms with Gasteiger partial charge in [-0.15, -0.1) is 0 Å². The third-order valence-corrected chi connectivity index (χ3v) is 7.36. The molecule has 5 rings (SSSR count). The Balaban J connectivity index is 1.61. The van der Waals surface area contributed by atoms with Gasteiger partial charge in [0.2, 0.25) is 0 Å². The van der Waals surface area contributed by atoms with E-state index in [4.69, 9.17) is 4.74 Å². The zero-order chi connectivity index (χ0) is 25.3. The van der Waals surface area contributed by atoms with Crippen molar-refractivity contribution in [2.45, 2.75) is 31.0 Å². The molecule has 2 aliphatic heterocycles. The molecule has 2 atom stereocenters. The molecule has 0 saturated carbocycles. The van der Waals surface area contributed by atoms with Crippen molar-refractivity contribution in [2.24, 2.45) is 0 Å². The molecule has 0 radical (unpaired) electrons. The van der Waals surface area contributed by atoms with Crippen molar-refractivity contribution >= 4 is 11.4 Å². The van der Waals surface area contributed by atoms with Crippen molar-refractivity contribution in [1.82, 2.24) is 0 Å². The Morgan fingerprint density at radius 3 is 2.47 bits per heavy atom. The van der Waals surface area contributed by atoms with E-state index < -0.39 is 24.2 Å². The molecular formula is C29H31F3N2O2. The Labute approximate surface area is 209 Å². The molecule has 0 spiro atoms. The second-order valence-electron chi connectivity index (χ2n) is 9.85. The smallest absolute Gasteiger partial charge is 0.382 e. The monoisotopic (exact) mass is 496 g/mol. The van der Waals surface area contributed by atoms with E-state index in [9.17, 15) is 18.3 Å². The van der Waals surface area contributed by atoms with Crippen molar-refractivity contribution in [2.75, 3.05) is 49.2 Å². The fourth-order valence-corrected chi connectivity index (χ4v) is 5.62. The Morgan fingerprint density at radius 1 is 0.972 bits per heavy atom. The van der Waals surface area contributed by atoms with Crippen molar-refractivity contribution < 1.29 is 23.0 Å². The van der Waals surface area contributed by atoms with Crippen LogP contribution in [0, 0.1) is 6.92 Å².